The van der Waals surface area contributed by atoms with Gasteiger partial charge >= 0.3 is 0 Å². The maximum Gasteiger partial charge on any atom is 0.260 e. The van der Waals surface area contributed by atoms with E-state index in [1.54, 1.807) is 17.0 Å². The van der Waals surface area contributed by atoms with Crippen LogP contribution < -0.4 is 9.64 Å². The molecule has 1 unspecified atom stereocenters. The van der Waals surface area contributed by atoms with E-state index in [-0.39, 0.29) is 17.9 Å². The van der Waals surface area contributed by atoms with E-state index in [4.69, 9.17) is 9.47 Å². The molecule has 0 N–H and O–H groups in total. The molecule has 1 aromatic heterocycles. The number of rotatable bonds is 9. The fraction of sp³-hybridized carbons (Fsp3) is 0.279. The van der Waals surface area contributed by atoms with Crippen molar-refractivity contribution in [3.05, 3.63) is 142 Å². The molecule has 1 saturated heterocycles. The smallest absolute Gasteiger partial charge is 0.260 e. The molecule has 2 amide bonds. The molecule has 0 aliphatic carbocycles. The molecule has 3 heterocycles. The molecule has 0 radical (unpaired) electrons. The van der Waals surface area contributed by atoms with E-state index in [0.29, 0.717) is 60.0 Å². The number of carbonyl (C=O) groups is 2. The van der Waals surface area contributed by atoms with Crippen molar-refractivity contribution in [1.29, 1.82) is 5.26 Å². The van der Waals surface area contributed by atoms with Crippen molar-refractivity contribution in [3.8, 4) is 23.1 Å². The van der Waals surface area contributed by atoms with Crippen molar-refractivity contribution in [1.82, 2.24) is 14.4 Å². The monoisotopic (exact) mass is 693 g/mol. The molecule has 9 nitrogen and oxygen atoms in total. The Kier molecular flexibility index (Phi) is 10.2. The van der Waals surface area contributed by atoms with Crippen LogP contribution in [-0.2, 0) is 31.3 Å². The minimum absolute atomic E-state index is 0.0697. The van der Waals surface area contributed by atoms with Crippen LogP contribution in [0.2, 0.25) is 0 Å². The zero-order chi connectivity index (χ0) is 36.2. The molecule has 1 atom stereocenters. The highest BCUT2D eigenvalue weighted by molar-refractivity contribution is 6.08. The quantitative estimate of drug-likeness (QED) is 0.172. The Bertz CT molecular complexity index is 2120. The Morgan fingerprint density at radius 2 is 1.58 bits per heavy atom. The van der Waals surface area contributed by atoms with Gasteiger partial charge < -0.3 is 23.8 Å². The number of hydrogen-bond donors (Lipinski definition) is 0. The van der Waals surface area contributed by atoms with Crippen molar-refractivity contribution in [2.24, 2.45) is 7.05 Å². The van der Waals surface area contributed by atoms with Gasteiger partial charge in [0.2, 0.25) is 0 Å². The van der Waals surface area contributed by atoms with Gasteiger partial charge in [0, 0.05) is 61.9 Å². The highest BCUT2D eigenvalue weighted by Gasteiger charge is 2.34. The minimum atomic E-state index is -0.158. The van der Waals surface area contributed by atoms with Crippen LogP contribution in [-0.4, -0.2) is 72.2 Å². The number of para-hydroxylation sites is 1. The SMILES string of the molecule is COc1cc(C(=O)N2Cc3ccccc3CC2CN2CCOCC2)c(-c2cc(C(=O)N(Cc3ccccc3)c3ccccc3)c(C)n2C)cc1C#N. The summed E-state index contributed by atoms with van der Waals surface area (Å²) in [5, 5.41) is 10.2. The summed E-state index contributed by atoms with van der Waals surface area (Å²) in [6.45, 7) is 6.49. The van der Waals surface area contributed by atoms with Gasteiger partial charge in [-0.3, -0.25) is 14.5 Å². The second-order valence-electron chi connectivity index (χ2n) is 13.5. The van der Waals surface area contributed by atoms with Gasteiger partial charge in [0.15, 0.2) is 0 Å². The second-order valence-corrected chi connectivity index (χ2v) is 13.5. The summed E-state index contributed by atoms with van der Waals surface area (Å²) in [6.07, 6.45) is 0.737. The average molecular weight is 694 g/mol. The van der Waals surface area contributed by atoms with E-state index in [1.807, 2.05) is 96.2 Å². The van der Waals surface area contributed by atoms with Gasteiger partial charge in [0.05, 0.1) is 43.6 Å². The number of hydrogen-bond acceptors (Lipinski definition) is 6. The lowest BCUT2D eigenvalue weighted by Crippen LogP contribution is -2.52. The van der Waals surface area contributed by atoms with E-state index in [0.717, 1.165) is 48.6 Å². The van der Waals surface area contributed by atoms with Crippen LogP contribution in [0.3, 0.4) is 0 Å². The summed E-state index contributed by atoms with van der Waals surface area (Å²) in [7, 11) is 3.41. The average Bonchev–Trinajstić information content (AvgIpc) is 3.49. The predicted molar refractivity (Wildman–Crippen MR) is 201 cm³/mol. The summed E-state index contributed by atoms with van der Waals surface area (Å²) in [5.41, 5.74) is 7.40. The van der Waals surface area contributed by atoms with Crippen molar-refractivity contribution >= 4 is 17.5 Å². The number of amides is 2. The standard InChI is InChI=1S/C43H43N5O4/c1-30-37(42(49)47(35-16-8-5-9-17-35)27-31-12-6-4-7-13-31)24-40(45(30)2)38-23-34(26-44)41(51-3)25-39(38)43(50)48-28-33-15-11-10-14-32(33)22-36(48)29-46-18-20-52-21-19-46/h4-17,23-25,36H,18-22,27-29H2,1-3H3. The van der Waals surface area contributed by atoms with Gasteiger partial charge in [-0.25, -0.2) is 0 Å². The minimum Gasteiger partial charge on any atom is -0.495 e. The molecular formula is C43H43N5O4. The second kappa shape index (κ2) is 15.3. The van der Waals surface area contributed by atoms with Crippen LogP contribution in [0, 0.1) is 18.3 Å². The highest BCUT2D eigenvalue weighted by atomic mass is 16.5. The summed E-state index contributed by atoms with van der Waals surface area (Å²) in [6, 6.07) is 35.3. The first-order valence-corrected chi connectivity index (χ1v) is 17.7. The summed E-state index contributed by atoms with van der Waals surface area (Å²) >= 11 is 0. The zero-order valence-electron chi connectivity index (χ0n) is 29.9. The van der Waals surface area contributed by atoms with Gasteiger partial charge in [0.25, 0.3) is 11.8 Å². The zero-order valence-corrected chi connectivity index (χ0v) is 29.9. The van der Waals surface area contributed by atoms with Crippen LogP contribution in [0.5, 0.6) is 5.75 Å². The largest absolute Gasteiger partial charge is 0.495 e. The topological polar surface area (TPSA) is 91.0 Å². The molecule has 9 heteroatoms. The lowest BCUT2D eigenvalue weighted by Gasteiger charge is -2.40. The molecule has 5 aromatic rings. The number of methoxy groups -OCH3 is 1. The van der Waals surface area contributed by atoms with Crippen LogP contribution in [0.4, 0.5) is 5.69 Å². The fourth-order valence-corrected chi connectivity index (χ4v) is 7.42. The Hall–Kier alpha value is -5.69. The van der Waals surface area contributed by atoms with Crippen molar-refractivity contribution < 1.29 is 19.1 Å². The lowest BCUT2D eigenvalue weighted by molar-refractivity contribution is 0.0193. The predicted octanol–water partition coefficient (Wildman–Crippen LogP) is 6.63. The number of anilines is 1. The number of aromatic nitrogens is 1. The summed E-state index contributed by atoms with van der Waals surface area (Å²) in [5.74, 6) is 0.0267. The number of benzene rings is 4. The molecule has 7 rings (SSSR count). The van der Waals surface area contributed by atoms with Crippen molar-refractivity contribution in [2.45, 2.75) is 32.5 Å². The molecule has 0 bridgehead atoms. The molecule has 264 valence electrons. The normalized spacial score (nSPS) is 15.8. The number of fused-ring (bicyclic) bond motifs is 1. The Morgan fingerprint density at radius 3 is 2.27 bits per heavy atom. The number of nitriles is 1. The Labute approximate surface area is 305 Å². The highest BCUT2D eigenvalue weighted by Crippen LogP contribution is 2.36. The maximum absolute atomic E-state index is 15.0. The fourth-order valence-electron chi connectivity index (χ4n) is 7.42. The maximum atomic E-state index is 15.0. The lowest BCUT2D eigenvalue weighted by atomic mass is 9.91. The summed E-state index contributed by atoms with van der Waals surface area (Å²) < 4.78 is 13.2. The molecule has 0 saturated carbocycles. The van der Waals surface area contributed by atoms with Crippen molar-refractivity contribution in [3.63, 3.8) is 0 Å². The van der Waals surface area contributed by atoms with E-state index < -0.39 is 0 Å². The van der Waals surface area contributed by atoms with Gasteiger partial charge in [-0.2, -0.15) is 5.26 Å². The van der Waals surface area contributed by atoms with Crippen molar-refractivity contribution in [2.75, 3.05) is 44.9 Å². The van der Waals surface area contributed by atoms with Crippen LogP contribution in [0.25, 0.3) is 11.3 Å². The van der Waals surface area contributed by atoms with Crippen LogP contribution in [0.1, 0.15) is 48.7 Å². The first kappa shape index (κ1) is 34.7. The van der Waals surface area contributed by atoms with E-state index in [2.05, 4.69) is 29.2 Å². The molecular weight excluding hydrogens is 651 g/mol. The third-order valence-electron chi connectivity index (χ3n) is 10.4. The summed E-state index contributed by atoms with van der Waals surface area (Å²) in [4.78, 5) is 35.7. The third kappa shape index (κ3) is 6.96. The van der Waals surface area contributed by atoms with Crippen LogP contribution >= 0.6 is 0 Å². The first-order chi connectivity index (χ1) is 25.4. The first-order valence-electron chi connectivity index (χ1n) is 17.7. The van der Waals surface area contributed by atoms with E-state index >= 15 is 4.79 Å². The Balaban J connectivity index is 1.31. The van der Waals surface area contributed by atoms with Gasteiger partial charge in [-0.15, -0.1) is 0 Å². The van der Waals surface area contributed by atoms with Gasteiger partial charge in [-0.05, 0) is 60.4 Å². The molecule has 2 aliphatic heterocycles. The van der Waals surface area contributed by atoms with Gasteiger partial charge in [-0.1, -0.05) is 72.8 Å². The molecule has 2 aliphatic rings. The number of carbonyl (C=O) groups excluding carboxylic acids is 2. The van der Waals surface area contributed by atoms with Crippen LogP contribution in [0.15, 0.2) is 103 Å². The van der Waals surface area contributed by atoms with Gasteiger partial charge in [0.1, 0.15) is 11.8 Å². The van der Waals surface area contributed by atoms with E-state index in [9.17, 15) is 10.1 Å². The number of morpholine rings is 1. The molecule has 52 heavy (non-hydrogen) atoms. The Morgan fingerprint density at radius 1 is 0.904 bits per heavy atom. The number of nitrogens with zero attached hydrogens (tertiary/aromatic N) is 5. The number of ether oxygens (including phenoxy) is 2. The molecule has 1 fully saturated rings. The third-order valence-corrected chi connectivity index (χ3v) is 10.4. The van der Waals surface area contributed by atoms with E-state index in [1.165, 1.54) is 12.7 Å². The molecule has 4 aromatic carbocycles. The molecule has 0 spiro atoms.